The average molecular weight is 733 g/mol. The standard InChI is InChI=1S/C42H52O11/c1-27(43)21-31-34(45-23-29-17-11-7-12-18-29)35(46-24-30-19-13-8-14-20-30)32(25-44-22-28-15-9-6-10-16-28)48-39(31)47-26-33-36-37(51-41(2,3)50-36)38-40(49-33)53-42(4,5)52-38/h6-20,31-40H,21-26H2,1-5H3/t31-,32-,33-,34-,35+,36+,37+,38-,39?,40-/m1/s1. The zero-order valence-corrected chi connectivity index (χ0v) is 31.2. The van der Waals surface area contributed by atoms with Crippen molar-refractivity contribution in [1.82, 2.24) is 0 Å². The lowest BCUT2D eigenvalue weighted by atomic mass is 9.86. The van der Waals surface area contributed by atoms with E-state index in [1.165, 1.54) is 0 Å². The van der Waals surface area contributed by atoms with Crippen molar-refractivity contribution in [3.8, 4) is 0 Å². The highest BCUT2D eigenvalue weighted by Gasteiger charge is 2.61. The monoisotopic (exact) mass is 732 g/mol. The predicted octanol–water partition coefficient (Wildman–Crippen LogP) is 6.11. The molecule has 4 aliphatic rings. The number of benzene rings is 3. The highest BCUT2D eigenvalue weighted by molar-refractivity contribution is 5.75. The topological polar surface area (TPSA) is 109 Å². The third kappa shape index (κ3) is 9.60. The minimum atomic E-state index is -0.867. The van der Waals surface area contributed by atoms with Crippen LogP contribution in [0.15, 0.2) is 91.0 Å². The molecule has 10 atom stereocenters. The molecular weight excluding hydrogens is 680 g/mol. The molecule has 0 saturated carbocycles. The van der Waals surface area contributed by atoms with E-state index < -0.39 is 72.8 Å². The van der Waals surface area contributed by atoms with Gasteiger partial charge in [-0.15, -0.1) is 0 Å². The van der Waals surface area contributed by atoms with E-state index in [2.05, 4.69) is 0 Å². The second kappa shape index (κ2) is 16.7. The first-order valence-corrected chi connectivity index (χ1v) is 18.6. The van der Waals surface area contributed by atoms with Crippen LogP contribution >= 0.6 is 0 Å². The first-order valence-electron chi connectivity index (χ1n) is 18.6. The Bertz CT molecular complexity index is 1600. The van der Waals surface area contributed by atoms with Gasteiger partial charge < -0.3 is 52.2 Å². The third-order valence-electron chi connectivity index (χ3n) is 9.93. The van der Waals surface area contributed by atoms with Crippen molar-refractivity contribution in [3.05, 3.63) is 108 Å². The minimum Gasteiger partial charge on any atom is -0.374 e. The summed E-state index contributed by atoms with van der Waals surface area (Å²) in [5.41, 5.74) is 3.04. The predicted molar refractivity (Wildman–Crippen MR) is 192 cm³/mol. The maximum absolute atomic E-state index is 13.0. The van der Waals surface area contributed by atoms with Gasteiger partial charge in [0.15, 0.2) is 24.2 Å². The van der Waals surface area contributed by atoms with Gasteiger partial charge in [-0.25, -0.2) is 0 Å². The van der Waals surface area contributed by atoms with Crippen LogP contribution in [0, 0.1) is 5.92 Å². The fraction of sp³-hybridized carbons (Fsp3) is 0.548. The molecule has 3 aromatic rings. The van der Waals surface area contributed by atoms with Crippen LogP contribution in [0.4, 0.5) is 0 Å². The lowest BCUT2D eigenvalue weighted by Gasteiger charge is -2.46. The molecule has 0 aromatic heterocycles. The van der Waals surface area contributed by atoms with Gasteiger partial charge in [-0.05, 0) is 51.3 Å². The summed E-state index contributed by atoms with van der Waals surface area (Å²) in [5.74, 6) is -2.25. The van der Waals surface area contributed by atoms with Crippen LogP contribution in [-0.2, 0) is 72.0 Å². The fourth-order valence-corrected chi connectivity index (χ4v) is 7.64. The Hall–Kier alpha value is -3.07. The van der Waals surface area contributed by atoms with Gasteiger partial charge in [0.05, 0.1) is 39.1 Å². The summed E-state index contributed by atoms with van der Waals surface area (Å²) in [6.45, 7) is 10.3. The molecule has 0 N–H and O–H groups in total. The quantitative estimate of drug-likeness (QED) is 0.181. The van der Waals surface area contributed by atoms with Crippen molar-refractivity contribution >= 4 is 5.78 Å². The van der Waals surface area contributed by atoms with E-state index in [9.17, 15) is 4.79 Å². The summed E-state index contributed by atoms with van der Waals surface area (Å²) in [6, 6.07) is 29.9. The van der Waals surface area contributed by atoms with Crippen LogP contribution < -0.4 is 0 Å². The maximum atomic E-state index is 13.0. The number of carbonyl (C=O) groups excluding carboxylic acids is 1. The molecule has 0 aliphatic carbocycles. The van der Waals surface area contributed by atoms with Gasteiger partial charge in [0, 0.05) is 12.3 Å². The number of ketones is 1. The first kappa shape index (κ1) is 38.2. The Balaban J connectivity index is 1.16. The Morgan fingerprint density at radius 1 is 0.585 bits per heavy atom. The highest BCUT2D eigenvalue weighted by atomic mass is 16.9. The maximum Gasteiger partial charge on any atom is 0.190 e. The van der Waals surface area contributed by atoms with Gasteiger partial charge in [0.25, 0.3) is 0 Å². The minimum absolute atomic E-state index is 0.0223. The molecule has 0 spiro atoms. The van der Waals surface area contributed by atoms with E-state index in [0.717, 1.165) is 16.7 Å². The molecule has 0 amide bonds. The summed E-state index contributed by atoms with van der Waals surface area (Å²) < 4.78 is 64.7. The number of hydrogen-bond donors (Lipinski definition) is 0. The van der Waals surface area contributed by atoms with Crippen LogP contribution in [0.1, 0.15) is 57.7 Å². The molecule has 4 heterocycles. The van der Waals surface area contributed by atoms with Gasteiger partial charge >= 0.3 is 0 Å². The Morgan fingerprint density at radius 2 is 1.11 bits per heavy atom. The van der Waals surface area contributed by atoms with Crippen molar-refractivity contribution < 1.29 is 52.2 Å². The number of ether oxygens (including phenoxy) is 10. The zero-order valence-electron chi connectivity index (χ0n) is 31.2. The summed E-state index contributed by atoms with van der Waals surface area (Å²) in [4.78, 5) is 13.0. The van der Waals surface area contributed by atoms with E-state index in [1.54, 1.807) is 6.92 Å². The van der Waals surface area contributed by atoms with Crippen molar-refractivity contribution in [2.45, 2.75) is 128 Å². The summed E-state index contributed by atoms with van der Waals surface area (Å²) >= 11 is 0. The summed E-state index contributed by atoms with van der Waals surface area (Å²) in [5, 5.41) is 0. The Morgan fingerprint density at radius 3 is 1.72 bits per heavy atom. The molecule has 7 rings (SSSR count). The van der Waals surface area contributed by atoms with Crippen LogP contribution in [0.5, 0.6) is 0 Å². The SMILES string of the molecule is CC(=O)C[C@H]1C(OC[C@H]2O[C@@H]3OC(C)(C)O[C@@H]3[C@H]3OC(C)(C)O[C@H]32)O[C@H](COCc2ccccc2)[C@H](OCc2ccccc2)[C@@H]1OCc1ccccc1. The van der Waals surface area contributed by atoms with Gasteiger partial charge in [0.2, 0.25) is 0 Å². The smallest absolute Gasteiger partial charge is 0.190 e. The summed E-state index contributed by atoms with van der Waals surface area (Å²) in [6.07, 6.45) is -5.14. The van der Waals surface area contributed by atoms with Gasteiger partial charge in [-0.2, -0.15) is 0 Å². The van der Waals surface area contributed by atoms with Crippen LogP contribution in [0.2, 0.25) is 0 Å². The second-order valence-electron chi connectivity index (χ2n) is 15.2. The van der Waals surface area contributed by atoms with E-state index in [1.807, 2.05) is 119 Å². The molecule has 1 unspecified atom stereocenters. The van der Waals surface area contributed by atoms with E-state index in [4.69, 9.17) is 47.4 Å². The highest BCUT2D eigenvalue weighted by Crippen LogP contribution is 2.44. The molecule has 0 bridgehead atoms. The number of hydrogen-bond acceptors (Lipinski definition) is 11. The van der Waals surface area contributed by atoms with Crippen LogP contribution in [-0.4, -0.2) is 85.9 Å². The molecule has 4 saturated heterocycles. The van der Waals surface area contributed by atoms with E-state index >= 15 is 0 Å². The van der Waals surface area contributed by atoms with Crippen LogP contribution in [0.25, 0.3) is 0 Å². The van der Waals surface area contributed by atoms with E-state index in [0.29, 0.717) is 19.8 Å². The van der Waals surface area contributed by atoms with Crippen molar-refractivity contribution in [2.75, 3.05) is 13.2 Å². The largest absolute Gasteiger partial charge is 0.374 e. The van der Waals surface area contributed by atoms with Crippen molar-refractivity contribution in [3.63, 3.8) is 0 Å². The van der Waals surface area contributed by atoms with Crippen molar-refractivity contribution in [2.24, 2.45) is 5.92 Å². The molecule has 11 nitrogen and oxygen atoms in total. The van der Waals surface area contributed by atoms with E-state index in [-0.39, 0.29) is 25.4 Å². The number of Topliss-reactive ketones (excluding diaryl/α,β-unsaturated/α-hetero) is 1. The summed E-state index contributed by atoms with van der Waals surface area (Å²) in [7, 11) is 0. The molecule has 3 aromatic carbocycles. The Labute approximate surface area is 312 Å². The second-order valence-corrected chi connectivity index (χ2v) is 15.2. The molecule has 53 heavy (non-hydrogen) atoms. The third-order valence-corrected chi connectivity index (χ3v) is 9.93. The van der Waals surface area contributed by atoms with Crippen molar-refractivity contribution in [1.29, 1.82) is 0 Å². The molecular formula is C42H52O11. The first-order chi connectivity index (χ1) is 25.5. The number of carbonyl (C=O) groups is 1. The average Bonchev–Trinajstić information content (AvgIpc) is 3.64. The van der Waals surface area contributed by atoms with Gasteiger partial charge in [-0.1, -0.05) is 91.0 Å². The zero-order chi connectivity index (χ0) is 37.0. The molecule has 11 heteroatoms. The Kier molecular flexibility index (Phi) is 12.1. The lowest BCUT2D eigenvalue weighted by molar-refractivity contribution is -0.317. The number of fused-ring (bicyclic) bond motifs is 3. The van der Waals surface area contributed by atoms with Crippen LogP contribution in [0.3, 0.4) is 0 Å². The normalized spacial score (nSPS) is 32.9. The number of rotatable bonds is 15. The molecule has 4 aliphatic heterocycles. The molecule has 4 fully saturated rings. The lowest BCUT2D eigenvalue weighted by Crippen LogP contribution is -2.60. The molecule has 0 radical (unpaired) electrons. The van der Waals surface area contributed by atoms with Gasteiger partial charge in [0.1, 0.15) is 42.4 Å². The molecule has 286 valence electrons. The fourth-order valence-electron chi connectivity index (χ4n) is 7.64. The van der Waals surface area contributed by atoms with Gasteiger partial charge in [-0.3, -0.25) is 0 Å².